The molecule has 0 aliphatic carbocycles. The number of rotatable bonds is 11. The second-order valence-corrected chi connectivity index (χ2v) is 26.0. The average Bonchev–Trinajstić information content (AvgIpc) is 0.687. The van der Waals surface area contributed by atoms with Gasteiger partial charge in [0.1, 0.15) is 69.3 Å². The van der Waals surface area contributed by atoms with E-state index in [1.807, 2.05) is 121 Å². The van der Waals surface area contributed by atoms with Crippen molar-refractivity contribution in [3.63, 3.8) is 0 Å². The van der Waals surface area contributed by atoms with E-state index in [9.17, 15) is 0 Å². The van der Waals surface area contributed by atoms with Gasteiger partial charge in [-0.3, -0.25) is 0 Å². The van der Waals surface area contributed by atoms with Gasteiger partial charge in [-0.05, 0) is 177 Å². The molecule has 0 spiro atoms. The summed E-state index contributed by atoms with van der Waals surface area (Å²) in [4.78, 5) is 9.41. The minimum absolute atomic E-state index is 0.0681. The molecule has 0 unspecified atom stereocenters. The molecule has 0 saturated carbocycles. The standard InChI is InChI=1S/C84H49B2F8N5S/c87-63-29-15-30-64(88)81(63)96(54-24-8-3-9-25-54)57-44-74-79-75(45-57)99(84-69(93)35-18-36-70(84)94)73-49-77-62(48-61(73)85(79)59-27-10-12-37-71(59)97(74)82-65(89)31-16-32-66(82)90)86-60-28-11-13-38-72(60)98(83-67(91)33-17-34-68(83)92)76-46-58(47-78(100-77)80(76)86)95(55-41-39-52(40-42-55)50-19-4-1-5-20-50)56-26-14-23-53(43-56)51-21-6-2-7-22-51/h1-49H. The van der Waals surface area contributed by atoms with Crippen LogP contribution in [0.3, 0.4) is 0 Å². The molecule has 14 aromatic rings. The molecule has 0 radical (unpaired) electrons. The Morgan fingerprint density at radius 1 is 0.240 bits per heavy atom. The second kappa shape index (κ2) is 23.9. The molecule has 0 aromatic heterocycles. The highest BCUT2D eigenvalue weighted by Crippen LogP contribution is 2.53. The van der Waals surface area contributed by atoms with Gasteiger partial charge in [0, 0.05) is 66.7 Å². The third kappa shape index (κ3) is 9.63. The fourth-order valence-corrected chi connectivity index (χ4v) is 16.4. The molecule has 4 heterocycles. The maximum Gasteiger partial charge on any atom is 0.252 e. The topological polar surface area (TPSA) is 16.2 Å². The summed E-state index contributed by atoms with van der Waals surface area (Å²) in [5, 5.41) is 0. The molecule has 0 N–H and O–H groups in total. The number of benzene rings is 14. The Hall–Kier alpha value is -12.0. The third-order valence-electron chi connectivity index (χ3n) is 19.4. The van der Waals surface area contributed by atoms with Gasteiger partial charge in [0.15, 0.2) is 0 Å². The van der Waals surface area contributed by atoms with Crippen LogP contribution in [0.2, 0.25) is 0 Å². The molecule has 478 valence electrons. The van der Waals surface area contributed by atoms with Gasteiger partial charge >= 0.3 is 0 Å². The first-order valence-corrected chi connectivity index (χ1v) is 33.3. The van der Waals surface area contributed by atoms with Gasteiger partial charge in [0.05, 0.1) is 5.69 Å². The van der Waals surface area contributed by atoms with Crippen LogP contribution < -0.4 is 57.3 Å². The Morgan fingerprint density at radius 2 is 0.630 bits per heavy atom. The van der Waals surface area contributed by atoms with Crippen LogP contribution in [0.1, 0.15) is 0 Å². The summed E-state index contributed by atoms with van der Waals surface area (Å²) in [7, 11) is 0. The molecule has 0 saturated heterocycles. The highest BCUT2D eigenvalue weighted by Gasteiger charge is 2.49. The quantitative estimate of drug-likeness (QED) is 0.0941. The van der Waals surface area contributed by atoms with Gasteiger partial charge < -0.3 is 24.5 Å². The molecule has 4 aliphatic rings. The number of nitrogens with zero attached hydrogens (tertiary/aromatic N) is 5. The van der Waals surface area contributed by atoms with Crippen LogP contribution in [-0.2, 0) is 0 Å². The summed E-state index contributed by atoms with van der Waals surface area (Å²) in [5.41, 5.74) is 10.2. The lowest BCUT2D eigenvalue weighted by atomic mass is 9.31. The Labute approximate surface area is 575 Å². The highest BCUT2D eigenvalue weighted by atomic mass is 32.2. The van der Waals surface area contributed by atoms with Gasteiger partial charge in [-0.15, -0.1) is 0 Å². The zero-order valence-electron chi connectivity index (χ0n) is 52.6. The Morgan fingerprint density at radius 3 is 1.16 bits per heavy atom. The van der Waals surface area contributed by atoms with E-state index in [-0.39, 0.29) is 28.4 Å². The van der Waals surface area contributed by atoms with Crippen molar-refractivity contribution in [2.45, 2.75) is 9.79 Å². The number of hydrogen-bond acceptors (Lipinski definition) is 6. The van der Waals surface area contributed by atoms with E-state index in [1.54, 1.807) is 59.5 Å². The van der Waals surface area contributed by atoms with Crippen molar-refractivity contribution in [2.24, 2.45) is 0 Å². The van der Waals surface area contributed by atoms with Gasteiger partial charge in [0.2, 0.25) is 6.71 Å². The number of halogens is 8. The van der Waals surface area contributed by atoms with E-state index in [1.165, 1.54) is 62.9 Å². The largest absolute Gasteiger partial charge is 0.310 e. The first-order chi connectivity index (χ1) is 48.9. The van der Waals surface area contributed by atoms with E-state index >= 15 is 35.1 Å². The maximum atomic E-state index is 17.7. The molecular formula is C84H49B2F8N5S. The molecule has 0 atom stereocenters. The molecule has 5 nitrogen and oxygen atoms in total. The first kappa shape index (κ1) is 60.4. The monoisotopic (exact) mass is 1330 g/mol. The zero-order valence-corrected chi connectivity index (χ0v) is 53.4. The maximum absolute atomic E-state index is 17.7. The Kier molecular flexibility index (Phi) is 14.5. The lowest BCUT2D eigenvalue weighted by molar-refractivity contribution is 0.585. The van der Waals surface area contributed by atoms with Crippen LogP contribution in [0.4, 0.5) is 120 Å². The van der Waals surface area contributed by atoms with E-state index in [4.69, 9.17) is 0 Å². The van der Waals surface area contributed by atoms with Crippen LogP contribution in [0, 0.1) is 46.5 Å². The van der Waals surface area contributed by atoms with Gasteiger partial charge in [-0.2, -0.15) is 0 Å². The van der Waals surface area contributed by atoms with Crippen LogP contribution in [0.5, 0.6) is 0 Å². The van der Waals surface area contributed by atoms with Crippen molar-refractivity contribution in [1.29, 1.82) is 0 Å². The number of fused-ring (bicyclic) bond motifs is 8. The summed E-state index contributed by atoms with van der Waals surface area (Å²) in [6, 6.07) is 85.3. The molecule has 0 bridgehead atoms. The summed E-state index contributed by atoms with van der Waals surface area (Å²) in [6.45, 7) is -1.56. The highest BCUT2D eigenvalue weighted by molar-refractivity contribution is 8.00. The van der Waals surface area contributed by atoms with Crippen molar-refractivity contribution < 1.29 is 35.1 Å². The van der Waals surface area contributed by atoms with Gasteiger partial charge in [0.25, 0.3) is 6.71 Å². The third-order valence-corrected chi connectivity index (χ3v) is 20.5. The van der Waals surface area contributed by atoms with Crippen molar-refractivity contribution >= 4 is 143 Å². The van der Waals surface area contributed by atoms with Crippen LogP contribution in [0.25, 0.3) is 22.3 Å². The fourth-order valence-electron chi connectivity index (χ4n) is 15.2. The molecule has 4 aliphatic heterocycles. The molecule has 14 aromatic carbocycles. The fraction of sp³-hybridized carbons (Fsp3) is 0. The summed E-state index contributed by atoms with van der Waals surface area (Å²) < 4.78 is 137. The van der Waals surface area contributed by atoms with Crippen molar-refractivity contribution in [3.05, 3.63) is 344 Å². The molecular weight excluding hydrogens is 1280 g/mol. The smallest absolute Gasteiger partial charge is 0.252 e. The minimum Gasteiger partial charge on any atom is -0.310 e. The predicted octanol–water partition coefficient (Wildman–Crippen LogP) is 19.9. The SMILES string of the molecule is Fc1cccc(F)c1N(c1ccccc1)c1cc2c3c(c1)N(c1c(F)cccc1F)c1cc4c(cc1B3c1ccccc1N2c1c(F)cccc1F)B1c2ccccc2N(c2c(F)cccc2F)c2cc(N(c3ccc(-c5ccccc5)cc3)c3cccc(-c5ccccc5)c3)cc(c21)S4. The first-order valence-electron chi connectivity index (χ1n) is 32.5. The van der Waals surface area contributed by atoms with E-state index in [2.05, 4.69) is 53.4 Å². The van der Waals surface area contributed by atoms with Gasteiger partial charge in [-0.25, -0.2) is 35.1 Å². The normalized spacial score (nSPS) is 12.9. The second-order valence-electron chi connectivity index (χ2n) is 24.9. The van der Waals surface area contributed by atoms with Crippen LogP contribution in [0.15, 0.2) is 307 Å². The molecule has 100 heavy (non-hydrogen) atoms. The van der Waals surface area contributed by atoms with E-state index in [0.717, 1.165) is 81.0 Å². The number of para-hydroxylation sites is 7. The van der Waals surface area contributed by atoms with Crippen molar-refractivity contribution in [2.75, 3.05) is 24.5 Å². The lowest BCUT2D eigenvalue weighted by Gasteiger charge is -2.46. The Balaban J connectivity index is 0.926. The molecule has 0 amide bonds. The minimum atomic E-state index is -0.961. The Bertz CT molecular complexity index is 5580. The van der Waals surface area contributed by atoms with Crippen LogP contribution >= 0.6 is 11.8 Å². The number of anilines is 15. The van der Waals surface area contributed by atoms with E-state index < -0.39 is 77.0 Å². The van der Waals surface area contributed by atoms with Gasteiger partial charge in [-0.1, -0.05) is 187 Å². The van der Waals surface area contributed by atoms with E-state index in [0.29, 0.717) is 60.1 Å². The molecule has 0 fully saturated rings. The summed E-state index contributed by atoms with van der Waals surface area (Å²) in [5.74, 6) is -7.26. The lowest BCUT2D eigenvalue weighted by Crippen LogP contribution is -2.64. The average molecular weight is 1330 g/mol. The van der Waals surface area contributed by atoms with Crippen LogP contribution in [-0.4, -0.2) is 13.4 Å². The van der Waals surface area contributed by atoms with Crippen molar-refractivity contribution in [3.8, 4) is 22.3 Å². The molecule has 18 rings (SSSR count). The predicted molar refractivity (Wildman–Crippen MR) is 390 cm³/mol. The van der Waals surface area contributed by atoms with Crippen molar-refractivity contribution in [1.82, 2.24) is 0 Å². The molecule has 16 heteroatoms. The summed E-state index contributed by atoms with van der Waals surface area (Å²) >= 11 is 1.39. The number of hydrogen-bond donors (Lipinski definition) is 0. The zero-order chi connectivity index (χ0) is 67.6. The summed E-state index contributed by atoms with van der Waals surface area (Å²) in [6.07, 6.45) is 0.